The first kappa shape index (κ1) is 34.1. The lowest BCUT2D eigenvalue weighted by molar-refractivity contribution is -0.148. The van der Waals surface area contributed by atoms with E-state index in [0.717, 1.165) is 42.3 Å². The van der Waals surface area contributed by atoms with E-state index in [1.54, 1.807) is 24.3 Å². The average Bonchev–Trinajstić information content (AvgIpc) is 3.31. The summed E-state index contributed by atoms with van der Waals surface area (Å²) in [6.45, 7) is 6.26. The van der Waals surface area contributed by atoms with Crippen molar-refractivity contribution in [2.45, 2.75) is 71.6 Å². The van der Waals surface area contributed by atoms with Crippen LogP contribution in [0.3, 0.4) is 0 Å². The summed E-state index contributed by atoms with van der Waals surface area (Å²) in [6.07, 6.45) is 5.18. The van der Waals surface area contributed by atoms with Crippen LogP contribution in [0.25, 0.3) is 10.9 Å². The number of carbonyl (C=O) groups excluding carboxylic acids is 3. The molecule has 2 N–H and O–H groups in total. The number of nitrogens with one attached hydrogen (secondary N) is 2. The number of carbonyl (C=O) groups is 3. The van der Waals surface area contributed by atoms with Crippen LogP contribution in [0.2, 0.25) is 10.0 Å². The molecule has 2 amide bonds. The van der Waals surface area contributed by atoms with Gasteiger partial charge in [0.1, 0.15) is 11.5 Å². The number of aryl methyl sites for hydroxylation is 1. The van der Waals surface area contributed by atoms with Crippen molar-refractivity contribution in [3.05, 3.63) is 93.6 Å². The van der Waals surface area contributed by atoms with Gasteiger partial charge in [0, 0.05) is 50.3 Å². The quantitative estimate of drug-likeness (QED) is 0.0570. The Bertz CT molecular complexity index is 1800. The third-order valence-electron chi connectivity index (χ3n) is 10.5. The smallest absolute Gasteiger partial charge is 0.311 e. The number of aromatic amines is 1. The second-order valence-electron chi connectivity index (χ2n) is 13.9. The minimum atomic E-state index is -0.579. The predicted molar refractivity (Wildman–Crippen MR) is 189 cm³/mol. The molecule has 0 radical (unpaired) electrons. The fourth-order valence-electron chi connectivity index (χ4n) is 7.27. The Kier molecular flexibility index (Phi) is 10.2. The summed E-state index contributed by atoms with van der Waals surface area (Å²) < 4.78 is 11.7. The maximum absolute atomic E-state index is 12.7. The Balaban J connectivity index is 1.12. The van der Waals surface area contributed by atoms with Crippen LogP contribution in [-0.4, -0.2) is 29.4 Å². The van der Waals surface area contributed by atoms with Crippen molar-refractivity contribution >= 4 is 51.9 Å². The first-order valence-electron chi connectivity index (χ1n) is 16.8. The number of esters is 1. The minimum absolute atomic E-state index is 0.0406. The molecule has 2 aliphatic rings. The predicted octanol–water partition coefficient (Wildman–Crippen LogP) is 9.04. The monoisotopic (exact) mass is 688 g/mol. The molecule has 4 unspecified atom stereocenters. The van der Waals surface area contributed by atoms with Crippen molar-refractivity contribution in [2.75, 3.05) is 6.61 Å². The molecule has 0 bridgehead atoms. The summed E-state index contributed by atoms with van der Waals surface area (Å²) in [5.41, 5.74) is 4.16. The van der Waals surface area contributed by atoms with Crippen molar-refractivity contribution < 1.29 is 23.9 Å². The highest BCUT2D eigenvalue weighted by molar-refractivity contribution is 6.31. The van der Waals surface area contributed by atoms with E-state index in [9.17, 15) is 14.4 Å². The number of fused-ring (bicyclic) bond motifs is 3. The van der Waals surface area contributed by atoms with Gasteiger partial charge in [0.15, 0.2) is 0 Å². The number of amides is 2. The molecule has 1 aliphatic heterocycles. The Morgan fingerprint density at radius 3 is 2.40 bits per heavy atom. The van der Waals surface area contributed by atoms with Crippen LogP contribution in [0.1, 0.15) is 82.0 Å². The highest BCUT2D eigenvalue weighted by atomic mass is 35.5. The minimum Gasteiger partial charge on any atom is -0.494 e. The number of piperidine rings is 1. The lowest BCUT2D eigenvalue weighted by Crippen LogP contribution is -2.55. The van der Waals surface area contributed by atoms with Crippen LogP contribution < -0.4 is 14.8 Å². The van der Waals surface area contributed by atoms with Crippen LogP contribution >= 0.6 is 23.2 Å². The largest absolute Gasteiger partial charge is 0.494 e. The Morgan fingerprint density at radius 1 is 0.938 bits per heavy atom. The van der Waals surface area contributed by atoms with Crippen LogP contribution in [-0.2, 0) is 20.8 Å². The molecule has 9 heteroatoms. The van der Waals surface area contributed by atoms with Gasteiger partial charge in [-0.25, -0.2) is 0 Å². The second kappa shape index (κ2) is 14.4. The van der Waals surface area contributed by atoms with Gasteiger partial charge < -0.3 is 14.5 Å². The van der Waals surface area contributed by atoms with Gasteiger partial charge in [-0.1, -0.05) is 56.1 Å². The van der Waals surface area contributed by atoms with E-state index in [1.165, 1.54) is 16.8 Å². The van der Waals surface area contributed by atoms with Crippen LogP contribution in [0.4, 0.5) is 0 Å². The first-order valence-corrected chi connectivity index (χ1v) is 17.6. The number of ether oxygens (including phenoxy) is 2. The summed E-state index contributed by atoms with van der Waals surface area (Å²) in [5.74, 6) is 0.810. The van der Waals surface area contributed by atoms with Gasteiger partial charge in [-0.2, -0.15) is 0 Å². The average molecular weight is 690 g/mol. The van der Waals surface area contributed by atoms with Crippen LogP contribution in [0.5, 0.6) is 11.5 Å². The Labute approximate surface area is 291 Å². The van der Waals surface area contributed by atoms with E-state index < -0.39 is 5.41 Å². The van der Waals surface area contributed by atoms with Gasteiger partial charge in [0.2, 0.25) is 11.8 Å². The van der Waals surface area contributed by atoms with Crippen molar-refractivity contribution in [2.24, 2.45) is 23.2 Å². The number of rotatable bonds is 10. The number of hydrogen-bond donors (Lipinski definition) is 2. The molecular formula is C39H42Cl2N2O5. The number of benzene rings is 3. The lowest BCUT2D eigenvalue weighted by atomic mass is 9.68. The van der Waals surface area contributed by atoms with Crippen molar-refractivity contribution in [1.29, 1.82) is 0 Å². The summed E-state index contributed by atoms with van der Waals surface area (Å²) in [4.78, 5) is 41.2. The van der Waals surface area contributed by atoms with E-state index in [0.29, 0.717) is 47.6 Å². The van der Waals surface area contributed by atoms with E-state index in [2.05, 4.69) is 22.4 Å². The van der Waals surface area contributed by atoms with Gasteiger partial charge in [-0.15, -0.1) is 0 Å². The third kappa shape index (κ3) is 7.42. The van der Waals surface area contributed by atoms with Gasteiger partial charge >= 0.3 is 5.97 Å². The maximum Gasteiger partial charge on any atom is 0.311 e. The zero-order chi connectivity index (χ0) is 34.0. The molecule has 0 spiro atoms. The summed E-state index contributed by atoms with van der Waals surface area (Å²) in [6, 6.07) is 21.1. The third-order valence-corrected chi connectivity index (χ3v) is 11.0. The van der Waals surface area contributed by atoms with Crippen molar-refractivity contribution in [3.63, 3.8) is 0 Å². The summed E-state index contributed by atoms with van der Waals surface area (Å²) in [5, 5.41) is 5.00. The number of hydrogen-bond acceptors (Lipinski definition) is 5. The molecule has 2 heterocycles. The van der Waals surface area contributed by atoms with Gasteiger partial charge in [0.25, 0.3) is 0 Å². The van der Waals surface area contributed by atoms with Crippen LogP contribution in [0, 0.1) is 23.2 Å². The van der Waals surface area contributed by atoms with Gasteiger partial charge in [-0.3, -0.25) is 19.7 Å². The fraction of sp³-hybridized carbons (Fsp3) is 0.410. The molecule has 7 nitrogen and oxygen atoms in total. The molecular weight excluding hydrogens is 647 g/mol. The molecule has 6 rings (SSSR count). The molecule has 0 saturated carbocycles. The topological polar surface area (TPSA) is 97.5 Å². The highest BCUT2D eigenvalue weighted by Crippen LogP contribution is 2.43. The highest BCUT2D eigenvalue weighted by Gasteiger charge is 2.46. The Morgan fingerprint density at radius 2 is 1.65 bits per heavy atom. The molecule has 252 valence electrons. The number of aromatic nitrogens is 1. The van der Waals surface area contributed by atoms with E-state index in [4.69, 9.17) is 32.7 Å². The number of H-pyrrole nitrogens is 1. The lowest BCUT2D eigenvalue weighted by Gasteiger charge is -2.39. The normalized spacial score (nSPS) is 22.1. The van der Waals surface area contributed by atoms with Crippen molar-refractivity contribution in [1.82, 2.24) is 10.3 Å². The Hall–Kier alpha value is -3.81. The zero-order valence-electron chi connectivity index (χ0n) is 27.6. The van der Waals surface area contributed by atoms with Crippen molar-refractivity contribution in [3.8, 4) is 11.5 Å². The summed E-state index contributed by atoms with van der Waals surface area (Å²) in [7, 11) is 0. The second-order valence-corrected chi connectivity index (χ2v) is 14.7. The summed E-state index contributed by atoms with van der Waals surface area (Å²) >= 11 is 12.4. The van der Waals surface area contributed by atoms with E-state index >= 15 is 0 Å². The molecule has 1 aliphatic carbocycles. The number of halogens is 2. The molecule has 4 aromatic rings. The van der Waals surface area contributed by atoms with E-state index in [-0.39, 0.29) is 35.5 Å². The molecule has 1 aromatic heterocycles. The standard InChI is InChI=1S/C39H42Cl2N2O5/c1-23-30(37(45)43-38(46)39(23,2)3)5-4-20-47-28-13-8-25(9-14-28)32-21-24(7-19-35(44)48-29-15-10-26(40)11-16-29)6-17-31-33-22-27(41)12-18-34(33)42-36(31)32/h8-16,18,22-24,30,32,42H,4-7,17,19-21H2,1-3H3,(H,43,45,46). The number of imide groups is 1. The molecule has 48 heavy (non-hydrogen) atoms. The molecule has 3 aromatic carbocycles. The zero-order valence-corrected chi connectivity index (χ0v) is 29.1. The van der Waals surface area contributed by atoms with Gasteiger partial charge in [0.05, 0.1) is 6.61 Å². The molecule has 1 fully saturated rings. The SMILES string of the molecule is CC1C(CCCOc2ccc(C3CC(CCC(=O)Oc4ccc(Cl)cc4)CCc4c3[nH]c3ccc(Cl)cc43)cc2)C(=O)NC(=O)C1(C)C. The van der Waals surface area contributed by atoms with Crippen LogP contribution in [0.15, 0.2) is 66.7 Å². The fourth-order valence-corrected chi connectivity index (χ4v) is 7.57. The molecule has 1 saturated heterocycles. The first-order chi connectivity index (χ1) is 23.0. The maximum atomic E-state index is 12.7. The molecule has 4 atom stereocenters. The van der Waals surface area contributed by atoms with E-state index in [1.807, 2.05) is 51.1 Å². The van der Waals surface area contributed by atoms with Gasteiger partial charge in [-0.05, 0) is 116 Å².